The van der Waals surface area contributed by atoms with Gasteiger partial charge in [0.1, 0.15) is 5.82 Å². The van der Waals surface area contributed by atoms with Crippen LogP contribution in [-0.4, -0.2) is 21.8 Å². The molecule has 0 aliphatic rings. The number of rotatable bonds is 6. The highest BCUT2D eigenvalue weighted by Gasteiger charge is 2.08. The second-order valence-corrected chi connectivity index (χ2v) is 5.86. The minimum Gasteiger partial charge on any atom is -0.366 e. The molecular formula is C20H19N5O2. The number of anilines is 3. The first kappa shape index (κ1) is 18.1. The summed E-state index contributed by atoms with van der Waals surface area (Å²) < 4.78 is 0. The Morgan fingerprint density at radius 1 is 0.963 bits per heavy atom. The summed E-state index contributed by atoms with van der Waals surface area (Å²) >= 11 is 0. The highest BCUT2D eigenvalue weighted by atomic mass is 16.2. The van der Waals surface area contributed by atoms with Crippen LogP contribution in [0.15, 0.2) is 67.1 Å². The predicted molar refractivity (Wildman–Crippen MR) is 104 cm³/mol. The summed E-state index contributed by atoms with van der Waals surface area (Å²) in [6, 6.07) is 14.2. The first-order chi connectivity index (χ1) is 13.1. The molecule has 0 spiro atoms. The maximum absolute atomic E-state index is 12.4. The topological polar surface area (TPSA) is 96.0 Å². The lowest BCUT2D eigenvalue weighted by Crippen LogP contribution is -2.13. The molecular weight excluding hydrogens is 342 g/mol. The van der Waals surface area contributed by atoms with Gasteiger partial charge in [-0.05, 0) is 48.0 Å². The molecule has 136 valence electrons. The molecule has 2 heterocycles. The zero-order valence-electron chi connectivity index (χ0n) is 14.8. The van der Waals surface area contributed by atoms with Crippen LogP contribution in [0.25, 0.3) is 0 Å². The number of hydrogen-bond donors (Lipinski definition) is 3. The lowest BCUT2D eigenvalue weighted by Gasteiger charge is -2.09. The van der Waals surface area contributed by atoms with Crippen LogP contribution in [0.2, 0.25) is 0 Å². The minimum atomic E-state index is -0.275. The van der Waals surface area contributed by atoms with Crippen LogP contribution >= 0.6 is 0 Å². The number of pyridine rings is 2. The molecule has 0 saturated heterocycles. The number of nitrogens with one attached hydrogen (secondary N) is 3. The number of nitrogens with zero attached hydrogens (tertiary/aromatic N) is 2. The Morgan fingerprint density at radius 3 is 2.37 bits per heavy atom. The van der Waals surface area contributed by atoms with Crippen molar-refractivity contribution in [3.05, 3.63) is 78.2 Å². The summed E-state index contributed by atoms with van der Waals surface area (Å²) in [4.78, 5) is 31.7. The Labute approximate surface area is 156 Å². The lowest BCUT2D eigenvalue weighted by molar-refractivity contribution is -0.114. The van der Waals surface area contributed by atoms with Crippen LogP contribution in [0.5, 0.6) is 0 Å². The van der Waals surface area contributed by atoms with Gasteiger partial charge < -0.3 is 16.0 Å². The van der Waals surface area contributed by atoms with Crippen molar-refractivity contribution in [1.29, 1.82) is 0 Å². The summed E-state index contributed by atoms with van der Waals surface area (Å²) in [5.74, 6) is 0.233. The van der Waals surface area contributed by atoms with E-state index in [1.807, 2.05) is 12.1 Å². The summed E-state index contributed by atoms with van der Waals surface area (Å²) in [6.07, 6.45) is 4.99. The number of carbonyl (C=O) groups excluding carboxylic acids is 2. The van der Waals surface area contributed by atoms with E-state index in [1.165, 1.54) is 13.1 Å². The van der Waals surface area contributed by atoms with Crippen LogP contribution in [0, 0.1) is 0 Å². The quantitative estimate of drug-likeness (QED) is 0.626. The third kappa shape index (κ3) is 5.37. The van der Waals surface area contributed by atoms with Crippen molar-refractivity contribution in [2.24, 2.45) is 0 Å². The van der Waals surface area contributed by atoms with Crippen molar-refractivity contribution < 1.29 is 9.59 Å². The van der Waals surface area contributed by atoms with Gasteiger partial charge in [-0.2, -0.15) is 0 Å². The number of carbonyl (C=O) groups is 2. The summed E-state index contributed by atoms with van der Waals surface area (Å²) in [6.45, 7) is 2.05. The van der Waals surface area contributed by atoms with Gasteiger partial charge in [-0.15, -0.1) is 0 Å². The summed E-state index contributed by atoms with van der Waals surface area (Å²) in [7, 11) is 0. The number of aromatic nitrogens is 2. The maximum Gasteiger partial charge on any atom is 0.257 e. The van der Waals surface area contributed by atoms with Gasteiger partial charge >= 0.3 is 0 Å². The molecule has 0 saturated carbocycles. The van der Waals surface area contributed by atoms with Crippen LogP contribution in [0.4, 0.5) is 17.2 Å². The van der Waals surface area contributed by atoms with Gasteiger partial charge in [-0.3, -0.25) is 14.6 Å². The van der Waals surface area contributed by atoms with E-state index >= 15 is 0 Å². The van der Waals surface area contributed by atoms with Gasteiger partial charge in [0, 0.05) is 43.4 Å². The zero-order valence-corrected chi connectivity index (χ0v) is 14.8. The van der Waals surface area contributed by atoms with E-state index in [0.29, 0.717) is 29.3 Å². The Morgan fingerprint density at radius 2 is 1.70 bits per heavy atom. The second-order valence-electron chi connectivity index (χ2n) is 5.86. The highest BCUT2D eigenvalue weighted by molar-refractivity contribution is 6.04. The molecule has 2 amide bonds. The molecule has 3 aromatic rings. The fraction of sp³-hybridized carbons (Fsp3) is 0.100. The van der Waals surface area contributed by atoms with Crippen LogP contribution in [0.3, 0.4) is 0 Å². The molecule has 1 aromatic carbocycles. The monoisotopic (exact) mass is 361 g/mol. The molecule has 0 unspecified atom stereocenters. The molecule has 7 nitrogen and oxygen atoms in total. The van der Waals surface area contributed by atoms with Gasteiger partial charge in [0.2, 0.25) is 5.91 Å². The standard InChI is InChI=1S/C20H19N5O2/c1-14(26)24-17-3-2-4-18(11-17)25-20(27)16-5-6-19(23-13-16)22-12-15-7-9-21-10-8-15/h2-11,13H,12H2,1H3,(H,22,23)(H,24,26)(H,25,27). The SMILES string of the molecule is CC(=O)Nc1cccc(NC(=O)c2ccc(NCc3ccncc3)nc2)c1. The van der Waals surface area contributed by atoms with E-state index in [0.717, 1.165) is 5.56 Å². The van der Waals surface area contributed by atoms with E-state index < -0.39 is 0 Å². The molecule has 0 fully saturated rings. The molecule has 2 aromatic heterocycles. The molecule has 0 aliphatic carbocycles. The summed E-state index contributed by atoms with van der Waals surface area (Å²) in [5.41, 5.74) is 2.74. The highest BCUT2D eigenvalue weighted by Crippen LogP contribution is 2.16. The van der Waals surface area contributed by atoms with E-state index in [4.69, 9.17) is 0 Å². The molecule has 0 radical (unpaired) electrons. The maximum atomic E-state index is 12.4. The fourth-order valence-electron chi connectivity index (χ4n) is 2.41. The molecule has 0 atom stereocenters. The van der Waals surface area contributed by atoms with Crippen molar-refractivity contribution >= 4 is 29.0 Å². The third-order valence-corrected chi connectivity index (χ3v) is 3.69. The Bertz CT molecular complexity index is 927. The van der Waals surface area contributed by atoms with Crippen LogP contribution in [0.1, 0.15) is 22.8 Å². The molecule has 3 rings (SSSR count). The summed E-state index contributed by atoms with van der Waals surface area (Å²) in [5, 5.41) is 8.66. The van der Waals surface area contributed by atoms with Crippen molar-refractivity contribution in [3.8, 4) is 0 Å². The minimum absolute atomic E-state index is 0.169. The first-order valence-corrected chi connectivity index (χ1v) is 8.38. The Kier molecular flexibility index (Phi) is 5.73. The third-order valence-electron chi connectivity index (χ3n) is 3.69. The lowest BCUT2D eigenvalue weighted by atomic mass is 10.2. The van der Waals surface area contributed by atoms with Gasteiger partial charge in [0.25, 0.3) is 5.91 Å². The second kappa shape index (κ2) is 8.57. The number of benzene rings is 1. The van der Waals surface area contributed by atoms with Crippen molar-refractivity contribution in [2.45, 2.75) is 13.5 Å². The molecule has 27 heavy (non-hydrogen) atoms. The first-order valence-electron chi connectivity index (χ1n) is 8.38. The van der Waals surface area contributed by atoms with Gasteiger partial charge in [-0.25, -0.2) is 4.98 Å². The van der Waals surface area contributed by atoms with Crippen LogP contribution < -0.4 is 16.0 Å². The fourth-order valence-corrected chi connectivity index (χ4v) is 2.41. The largest absolute Gasteiger partial charge is 0.366 e. The number of hydrogen-bond acceptors (Lipinski definition) is 5. The Hall–Kier alpha value is -3.74. The molecule has 0 bridgehead atoms. The Balaban J connectivity index is 1.59. The zero-order chi connectivity index (χ0) is 19.1. The number of amides is 2. The van der Waals surface area contributed by atoms with E-state index in [1.54, 1.807) is 48.8 Å². The normalized spacial score (nSPS) is 10.1. The van der Waals surface area contributed by atoms with Gasteiger partial charge in [0.05, 0.1) is 5.56 Å². The molecule has 0 aliphatic heterocycles. The van der Waals surface area contributed by atoms with E-state index in [-0.39, 0.29) is 11.8 Å². The average Bonchev–Trinajstić information content (AvgIpc) is 2.67. The average molecular weight is 361 g/mol. The van der Waals surface area contributed by atoms with Crippen molar-refractivity contribution in [1.82, 2.24) is 9.97 Å². The molecule has 7 heteroatoms. The van der Waals surface area contributed by atoms with Crippen molar-refractivity contribution in [2.75, 3.05) is 16.0 Å². The van der Waals surface area contributed by atoms with Gasteiger partial charge in [-0.1, -0.05) is 6.07 Å². The van der Waals surface area contributed by atoms with E-state index in [2.05, 4.69) is 25.9 Å². The molecule has 3 N–H and O–H groups in total. The van der Waals surface area contributed by atoms with E-state index in [9.17, 15) is 9.59 Å². The van der Waals surface area contributed by atoms with Crippen molar-refractivity contribution in [3.63, 3.8) is 0 Å². The smallest absolute Gasteiger partial charge is 0.257 e. The van der Waals surface area contributed by atoms with Gasteiger partial charge in [0.15, 0.2) is 0 Å². The van der Waals surface area contributed by atoms with Crippen LogP contribution in [-0.2, 0) is 11.3 Å². The predicted octanol–water partition coefficient (Wildman–Crippen LogP) is 3.30.